The number of piperazine rings is 1. The minimum atomic E-state index is 0.741. The molecule has 8 nitrogen and oxygen atoms in total. The summed E-state index contributed by atoms with van der Waals surface area (Å²) in [6, 6.07) is 12.9. The van der Waals surface area contributed by atoms with Crippen LogP contribution in [0.3, 0.4) is 0 Å². The van der Waals surface area contributed by atoms with E-state index in [1.807, 2.05) is 18.6 Å². The van der Waals surface area contributed by atoms with Crippen molar-refractivity contribution in [2.24, 2.45) is 0 Å². The monoisotopic (exact) mass is 536 g/mol. The van der Waals surface area contributed by atoms with Gasteiger partial charge >= 0.3 is 0 Å². The van der Waals surface area contributed by atoms with E-state index < -0.39 is 0 Å². The number of aromatic nitrogens is 4. The molecule has 0 amide bonds. The molecule has 208 valence electrons. The molecule has 0 bridgehead atoms. The molecule has 2 fully saturated rings. The van der Waals surface area contributed by atoms with Crippen LogP contribution in [0.1, 0.15) is 42.6 Å². The van der Waals surface area contributed by atoms with Gasteiger partial charge in [-0.2, -0.15) is 5.10 Å². The molecule has 3 aromatic heterocycles. The summed E-state index contributed by atoms with van der Waals surface area (Å²) in [5, 5.41) is 12.2. The van der Waals surface area contributed by atoms with Gasteiger partial charge in [-0.3, -0.25) is 24.9 Å². The Morgan fingerprint density at radius 1 is 0.850 bits per heavy atom. The molecule has 2 N–H and O–H groups in total. The van der Waals surface area contributed by atoms with Crippen LogP contribution in [0.2, 0.25) is 0 Å². The maximum absolute atomic E-state index is 4.70. The van der Waals surface area contributed by atoms with E-state index in [1.165, 1.54) is 44.3 Å². The molecule has 5 heterocycles. The maximum atomic E-state index is 4.70. The van der Waals surface area contributed by atoms with Gasteiger partial charge in [0.1, 0.15) is 5.69 Å². The van der Waals surface area contributed by atoms with E-state index in [4.69, 9.17) is 4.98 Å². The van der Waals surface area contributed by atoms with Gasteiger partial charge in [-0.05, 0) is 74.4 Å². The molecule has 0 unspecified atom stereocenters. The third-order valence-electron chi connectivity index (χ3n) is 8.18. The second kappa shape index (κ2) is 12.3. The quantitative estimate of drug-likeness (QED) is 0.320. The lowest BCUT2D eigenvalue weighted by Crippen LogP contribution is -2.43. The summed E-state index contributed by atoms with van der Waals surface area (Å²) >= 11 is 0. The first-order valence-corrected chi connectivity index (χ1v) is 14.6. The van der Waals surface area contributed by atoms with E-state index in [9.17, 15) is 0 Å². The number of hydrogen-bond donors (Lipinski definition) is 2. The number of hydrogen-bond acceptors (Lipinski definition) is 7. The molecule has 6 rings (SSSR count). The molecule has 0 atom stereocenters. The Bertz CT molecular complexity index is 1430. The average molecular weight is 537 g/mol. The van der Waals surface area contributed by atoms with Gasteiger partial charge in [-0.25, -0.2) is 0 Å². The molecule has 2 saturated heterocycles. The summed E-state index contributed by atoms with van der Waals surface area (Å²) in [6.07, 6.45) is 11.1. The van der Waals surface area contributed by atoms with Gasteiger partial charge in [0.15, 0.2) is 0 Å². The fraction of sp³-hybridized carbons (Fsp3) is 0.406. The van der Waals surface area contributed by atoms with Crippen LogP contribution in [-0.4, -0.2) is 81.2 Å². The van der Waals surface area contributed by atoms with E-state index in [0.29, 0.717) is 0 Å². The Morgan fingerprint density at radius 3 is 2.42 bits per heavy atom. The van der Waals surface area contributed by atoms with Gasteiger partial charge in [-0.1, -0.05) is 25.5 Å². The molecule has 0 spiro atoms. The molecule has 4 aromatic rings. The third-order valence-corrected chi connectivity index (χ3v) is 8.18. The molecule has 40 heavy (non-hydrogen) atoms. The first kappa shape index (κ1) is 26.6. The second-order valence-corrected chi connectivity index (χ2v) is 11.3. The van der Waals surface area contributed by atoms with Crippen molar-refractivity contribution in [3.8, 4) is 11.1 Å². The standard InChI is InChI=1S/C32H40N8/c1-24(35-28-8-9-29(34-21-28)23-40-15-13-38(2)14-16-40)32-30-18-26(7-10-31(30)36-37-32)27-17-25(19-33-20-27)22-39-11-5-3-4-6-12-39/h7-10,17-21,35H,1,3-6,11-16,22-23H2,2H3,(H,36,37). The van der Waals surface area contributed by atoms with Crippen LogP contribution >= 0.6 is 0 Å². The van der Waals surface area contributed by atoms with Crippen LogP contribution in [0.5, 0.6) is 0 Å². The van der Waals surface area contributed by atoms with Crippen LogP contribution in [0.4, 0.5) is 5.69 Å². The van der Waals surface area contributed by atoms with E-state index >= 15 is 0 Å². The van der Waals surface area contributed by atoms with E-state index in [0.717, 1.165) is 84.1 Å². The number of H-pyrrole nitrogens is 1. The Balaban J connectivity index is 1.14. The molecule has 1 aromatic carbocycles. The molecule has 8 heteroatoms. The highest BCUT2D eigenvalue weighted by molar-refractivity contribution is 5.95. The number of fused-ring (bicyclic) bond motifs is 1. The Hall–Kier alpha value is -3.59. The fourth-order valence-corrected chi connectivity index (χ4v) is 5.77. The topological polar surface area (TPSA) is 76.2 Å². The maximum Gasteiger partial charge on any atom is 0.116 e. The van der Waals surface area contributed by atoms with Gasteiger partial charge < -0.3 is 10.2 Å². The molecule has 0 aliphatic carbocycles. The number of nitrogens with one attached hydrogen (secondary N) is 2. The van der Waals surface area contributed by atoms with Crippen molar-refractivity contribution >= 4 is 22.3 Å². The van der Waals surface area contributed by atoms with Crippen LogP contribution in [0, 0.1) is 0 Å². The smallest absolute Gasteiger partial charge is 0.116 e. The molecular formula is C32H40N8. The normalized spacial score (nSPS) is 17.6. The van der Waals surface area contributed by atoms with Crippen LogP contribution < -0.4 is 5.32 Å². The van der Waals surface area contributed by atoms with Crippen molar-refractivity contribution in [1.29, 1.82) is 0 Å². The van der Waals surface area contributed by atoms with Gasteiger partial charge in [0, 0.05) is 62.6 Å². The number of anilines is 1. The van der Waals surface area contributed by atoms with Gasteiger partial charge in [-0.15, -0.1) is 0 Å². The molecule has 2 aliphatic rings. The predicted molar refractivity (Wildman–Crippen MR) is 163 cm³/mol. The second-order valence-electron chi connectivity index (χ2n) is 11.3. The lowest BCUT2D eigenvalue weighted by Gasteiger charge is -2.32. The van der Waals surface area contributed by atoms with Crippen molar-refractivity contribution in [3.05, 3.63) is 78.5 Å². The largest absolute Gasteiger partial charge is 0.353 e. The number of pyridine rings is 2. The van der Waals surface area contributed by atoms with Crippen LogP contribution in [-0.2, 0) is 13.1 Å². The van der Waals surface area contributed by atoms with Gasteiger partial charge in [0.2, 0.25) is 0 Å². The summed E-state index contributed by atoms with van der Waals surface area (Å²) in [5.41, 5.74) is 8.05. The molecule has 0 radical (unpaired) electrons. The summed E-state index contributed by atoms with van der Waals surface area (Å²) < 4.78 is 0. The zero-order valence-electron chi connectivity index (χ0n) is 23.6. The Labute approximate surface area is 237 Å². The Morgan fingerprint density at radius 2 is 1.65 bits per heavy atom. The first-order chi connectivity index (χ1) is 19.6. The Kier molecular flexibility index (Phi) is 8.18. The van der Waals surface area contributed by atoms with E-state index in [2.05, 4.69) is 85.2 Å². The van der Waals surface area contributed by atoms with Crippen molar-refractivity contribution < 1.29 is 0 Å². The van der Waals surface area contributed by atoms with E-state index in [1.54, 1.807) is 0 Å². The van der Waals surface area contributed by atoms with E-state index in [-0.39, 0.29) is 0 Å². The number of aromatic amines is 1. The van der Waals surface area contributed by atoms with Gasteiger partial charge in [0.05, 0.1) is 28.8 Å². The molecular weight excluding hydrogens is 496 g/mol. The van der Waals surface area contributed by atoms with Crippen LogP contribution in [0.15, 0.2) is 61.6 Å². The van der Waals surface area contributed by atoms with Crippen molar-refractivity contribution in [2.75, 3.05) is 51.6 Å². The van der Waals surface area contributed by atoms with Crippen molar-refractivity contribution in [3.63, 3.8) is 0 Å². The van der Waals surface area contributed by atoms with Crippen molar-refractivity contribution in [2.45, 2.75) is 38.8 Å². The summed E-state index contributed by atoms with van der Waals surface area (Å²) in [7, 11) is 2.18. The fourth-order valence-electron chi connectivity index (χ4n) is 5.77. The zero-order chi connectivity index (χ0) is 27.3. The van der Waals surface area contributed by atoms with Crippen LogP contribution in [0.25, 0.3) is 27.7 Å². The number of likely N-dealkylation sites (N-methyl/N-ethyl adjacent to an activating group) is 1. The highest BCUT2D eigenvalue weighted by Crippen LogP contribution is 2.29. The summed E-state index contributed by atoms with van der Waals surface area (Å²) in [5.74, 6) is 0. The molecule has 0 saturated carbocycles. The minimum Gasteiger partial charge on any atom is -0.353 e. The summed E-state index contributed by atoms with van der Waals surface area (Å²) in [6.45, 7) is 12.9. The highest BCUT2D eigenvalue weighted by atomic mass is 15.2. The number of nitrogens with zero attached hydrogens (tertiary/aromatic N) is 6. The zero-order valence-corrected chi connectivity index (χ0v) is 23.6. The van der Waals surface area contributed by atoms with Crippen molar-refractivity contribution in [1.82, 2.24) is 34.9 Å². The van der Waals surface area contributed by atoms with Gasteiger partial charge in [0.25, 0.3) is 0 Å². The third kappa shape index (κ3) is 6.41. The SMILES string of the molecule is C=C(Nc1ccc(CN2CCN(C)CC2)nc1)c1n[nH]c2ccc(-c3cncc(CN4CCCCCC4)c3)cc12. The lowest BCUT2D eigenvalue weighted by molar-refractivity contribution is 0.147. The average Bonchev–Trinajstić information content (AvgIpc) is 3.24. The number of benzene rings is 1. The highest BCUT2D eigenvalue weighted by Gasteiger charge is 2.16. The predicted octanol–water partition coefficient (Wildman–Crippen LogP) is 5.23. The number of rotatable bonds is 8. The minimum absolute atomic E-state index is 0.741. The molecule has 2 aliphatic heterocycles. The first-order valence-electron chi connectivity index (χ1n) is 14.6. The lowest BCUT2D eigenvalue weighted by atomic mass is 10.0. The number of likely N-dealkylation sites (tertiary alicyclic amines) is 1. The summed E-state index contributed by atoms with van der Waals surface area (Å²) in [4.78, 5) is 16.7.